The van der Waals surface area contributed by atoms with E-state index < -0.39 is 11.7 Å². The molecule has 5 nitrogen and oxygen atoms in total. The normalized spacial score (nSPS) is 17.7. The van der Waals surface area contributed by atoms with Gasteiger partial charge in [-0.2, -0.15) is 5.10 Å². The molecule has 1 fully saturated rings. The molecule has 2 rings (SSSR count). The standard InChI is InChI=1S/C14H19F3N4O.C2H6/c15-11-7-10(13(20-18)21-19)1-2-12(11)22-8-9-3-5-14(16,17)6-4-9;1-2/h1-2,7,9H,3-6,8,18-19H2,(H,20,21);1-2H3. The molecule has 1 aliphatic rings. The Balaban J connectivity index is 0.00000139. The summed E-state index contributed by atoms with van der Waals surface area (Å²) >= 11 is 0. The average molecular weight is 346 g/mol. The molecule has 24 heavy (non-hydrogen) atoms. The summed E-state index contributed by atoms with van der Waals surface area (Å²) in [6, 6.07) is 4.18. The zero-order valence-electron chi connectivity index (χ0n) is 14.0. The van der Waals surface area contributed by atoms with Crippen molar-refractivity contribution in [2.75, 3.05) is 6.61 Å². The number of nitrogens with two attached hydrogens (primary N) is 2. The van der Waals surface area contributed by atoms with Crippen LogP contribution < -0.4 is 21.8 Å². The summed E-state index contributed by atoms with van der Waals surface area (Å²) in [5, 5.41) is 3.38. The second kappa shape index (κ2) is 9.36. The molecule has 1 aromatic rings. The highest BCUT2D eigenvalue weighted by Crippen LogP contribution is 2.36. The van der Waals surface area contributed by atoms with Gasteiger partial charge in [-0.15, -0.1) is 0 Å². The third kappa shape index (κ3) is 5.59. The Morgan fingerprint density at radius 2 is 1.96 bits per heavy atom. The van der Waals surface area contributed by atoms with Crippen molar-refractivity contribution in [1.29, 1.82) is 0 Å². The maximum Gasteiger partial charge on any atom is 0.248 e. The molecule has 0 spiro atoms. The van der Waals surface area contributed by atoms with E-state index in [2.05, 4.69) is 10.5 Å². The van der Waals surface area contributed by atoms with Gasteiger partial charge >= 0.3 is 0 Å². The van der Waals surface area contributed by atoms with E-state index >= 15 is 0 Å². The number of alkyl halides is 2. The van der Waals surface area contributed by atoms with Crippen LogP contribution in [0.25, 0.3) is 0 Å². The molecule has 0 aliphatic heterocycles. The van der Waals surface area contributed by atoms with Gasteiger partial charge in [-0.3, -0.25) is 0 Å². The molecule has 1 aromatic carbocycles. The predicted octanol–water partition coefficient (Wildman–Crippen LogP) is 3.14. The molecule has 1 saturated carbocycles. The number of ether oxygens (including phenoxy) is 1. The number of halogens is 3. The summed E-state index contributed by atoms with van der Waals surface area (Å²) in [5.74, 6) is 7.38. The topological polar surface area (TPSA) is 85.7 Å². The third-order valence-corrected chi connectivity index (χ3v) is 3.78. The molecule has 5 N–H and O–H groups in total. The number of amidine groups is 1. The van der Waals surface area contributed by atoms with Crippen molar-refractivity contribution in [1.82, 2.24) is 5.43 Å². The van der Waals surface area contributed by atoms with Crippen molar-refractivity contribution in [3.05, 3.63) is 29.6 Å². The highest BCUT2D eigenvalue weighted by molar-refractivity contribution is 5.98. The Labute approximate surface area is 140 Å². The van der Waals surface area contributed by atoms with Crippen LogP contribution in [0, 0.1) is 11.7 Å². The van der Waals surface area contributed by atoms with Crippen LogP contribution in [0.4, 0.5) is 13.2 Å². The fourth-order valence-electron chi connectivity index (χ4n) is 2.43. The lowest BCUT2D eigenvalue weighted by Crippen LogP contribution is -2.32. The van der Waals surface area contributed by atoms with Crippen LogP contribution in [-0.4, -0.2) is 18.4 Å². The van der Waals surface area contributed by atoms with Crippen molar-refractivity contribution < 1.29 is 17.9 Å². The second-order valence-electron chi connectivity index (χ2n) is 5.38. The van der Waals surface area contributed by atoms with Gasteiger partial charge in [0.1, 0.15) is 0 Å². The molecule has 1 aliphatic carbocycles. The molecule has 136 valence electrons. The molecule has 8 heteroatoms. The van der Waals surface area contributed by atoms with Gasteiger partial charge < -0.3 is 16.0 Å². The molecule has 0 heterocycles. The third-order valence-electron chi connectivity index (χ3n) is 3.78. The molecule has 0 atom stereocenters. The number of rotatable bonds is 4. The summed E-state index contributed by atoms with van der Waals surface area (Å²) in [6.07, 6.45) is 0.490. The molecule has 0 saturated heterocycles. The molecule has 0 amide bonds. The minimum Gasteiger partial charge on any atom is -0.490 e. The molecular weight excluding hydrogens is 321 g/mol. The molecular formula is C16H25F3N4O. The maximum absolute atomic E-state index is 14.0. The SMILES string of the molecule is CC.N/N=C(\NN)c1ccc(OCC2CCC(F)(F)CC2)c(F)c1. The van der Waals surface area contributed by atoms with E-state index in [1.165, 1.54) is 12.1 Å². The maximum atomic E-state index is 14.0. The fourth-order valence-corrected chi connectivity index (χ4v) is 2.43. The highest BCUT2D eigenvalue weighted by Gasteiger charge is 2.35. The Morgan fingerprint density at radius 1 is 1.33 bits per heavy atom. The summed E-state index contributed by atoms with van der Waals surface area (Å²) in [5.41, 5.74) is 2.63. The van der Waals surface area contributed by atoms with E-state index in [1.807, 2.05) is 13.8 Å². The van der Waals surface area contributed by atoms with Crippen LogP contribution in [0.2, 0.25) is 0 Å². The second-order valence-corrected chi connectivity index (χ2v) is 5.38. The van der Waals surface area contributed by atoms with Crippen LogP contribution in [0.3, 0.4) is 0 Å². The number of hydrogen-bond acceptors (Lipinski definition) is 4. The number of nitrogens with zero attached hydrogens (tertiary/aromatic N) is 1. The van der Waals surface area contributed by atoms with Crippen molar-refractivity contribution in [2.24, 2.45) is 22.7 Å². The smallest absolute Gasteiger partial charge is 0.248 e. The van der Waals surface area contributed by atoms with E-state index in [1.54, 1.807) is 6.07 Å². The molecule has 0 bridgehead atoms. The Hall–Kier alpha value is -1.96. The number of hydrazine groups is 1. The van der Waals surface area contributed by atoms with E-state index in [4.69, 9.17) is 16.4 Å². The van der Waals surface area contributed by atoms with E-state index in [9.17, 15) is 13.2 Å². The Bertz CT molecular complexity index is 542. The lowest BCUT2D eigenvalue weighted by molar-refractivity contribution is -0.0499. The van der Waals surface area contributed by atoms with Gasteiger partial charge in [-0.05, 0) is 37.0 Å². The quantitative estimate of drug-likeness (QED) is 0.338. The van der Waals surface area contributed by atoms with Crippen molar-refractivity contribution in [3.63, 3.8) is 0 Å². The minimum atomic E-state index is -2.57. The van der Waals surface area contributed by atoms with Gasteiger partial charge in [-0.1, -0.05) is 13.8 Å². The summed E-state index contributed by atoms with van der Waals surface area (Å²) in [7, 11) is 0. The number of hydrazone groups is 1. The molecule has 0 aromatic heterocycles. The van der Waals surface area contributed by atoms with Crippen molar-refractivity contribution in [3.8, 4) is 5.75 Å². The molecule has 0 radical (unpaired) electrons. The number of benzene rings is 1. The first-order valence-electron chi connectivity index (χ1n) is 8.00. The van der Waals surface area contributed by atoms with Crippen molar-refractivity contribution >= 4 is 5.84 Å². The first-order chi connectivity index (χ1) is 11.4. The zero-order chi connectivity index (χ0) is 18.2. The van der Waals surface area contributed by atoms with Gasteiger partial charge in [0.2, 0.25) is 5.92 Å². The first-order valence-corrected chi connectivity index (χ1v) is 8.00. The number of nitrogens with one attached hydrogen (secondary N) is 1. The summed E-state index contributed by atoms with van der Waals surface area (Å²) in [6.45, 7) is 4.22. The van der Waals surface area contributed by atoms with Crippen LogP contribution >= 0.6 is 0 Å². The fraction of sp³-hybridized carbons (Fsp3) is 0.562. The van der Waals surface area contributed by atoms with Gasteiger partial charge in [0.25, 0.3) is 0 Å². The molecule has 0 unspecified atom stereocenters. The van der Waals surface area contributed by atoms with Gasteiger partial charge in [-0.25, -0.2) is 19.0 Å². The van der Waals surface area contributed by atoms with E-state index in [-0.39, 0.29) is 37.0 Å². The predicted molar refractivity (Wildman–Crippen MR) is 88.2 cm³/mol. The van der Waals surface area contributed by atoms with E-state index in [0.717, 1.165) is 0 Å². The van der Waals surface area contributed by atoms with Crippen molar-refractivity contribution in [2.45, 2.75) is 45.5 Å². The van der Waals surface area contributed by atoms with Crippen LogP contribution in [0.1, 0.15) is 45.1 Å². The lowest BCUT2D eigenvalue weighted by Gasteiger charge is -2.28. The highest BCUT2D eigenvalue weighted by atomic mass is 19.3. The van der Waals surface area contributed by atoms with Crippen LogP contribution in [-0.2, 0) is 0 Å². The Morgan fingerprint density at radius 3 is 2.46 bits per heavy atom. The summed E-state index contributed by atoms with van der Waals surface area (Å²) in [4.78, 5) is 0. The van der Waals surface area contributed by atoms with Gasteiger partial charge in [0, 0.05) is 18.4 Å². The van der Waals surface area contributed by atoms with Gasteiger partial charge in [0.15, 0.2) is 17.4 Å². The Kier molecular flexibility index (Phi) is 7.84. The van der Waals surface area contributed by atoms with E-state index in [0.29, 0.717) is 18.4 Å². The zero-order valence-corrected chi connectivity index (χ0v) is 14.0. The lowest BCUT2D eigenvalue weighted by atomic mass is 9.87. The minimum absolute atomic E-state index is 0.0191. The van der Waals surface area contributed by atoms with Crippen LogP contribution in [0.5, 0.6) is 5.75 Å². The monoisotopic (exact) mass is 346 g/mol. The van der Waals surface area contributed by atoms with Crippen LogP contribution in [0.15, 0.2) is 23.3 Å². The summed E-state index contributed by atoms with van der Waals surface area (Å²) < 4.78 is 45.5. The first kappa shape index (κ1) is 20.1. The number of hydrogen-bond donors (Lipinski definition) is 3. The average Bonchev–Trinajstić information content (AvgIpc) is 2.58. The largest absolute Gasteiger partial charge is 0.490 e. The van der Waals surface area contributed by atoms with Gasteiger partial charge in [0.05, 0.1) is 6.61 Å².